The van der Waals surface area contributed by atoms with E-state index in [0.717, 1.165) is 30.5 Å². The first-order chi connectivity index (χ1) is 11.3. The van der Waals surface area contributed by atoms with Crippen molar-refractivity contribution in [1.29, 1.82) is 0 Å². The van der Waals surface area contributed by atoms with Gasteiger partial charge in [0.1, 0.15) is 17.0 Å². The third-order valence-corrected chi connectivity index (χ3v) is 7.05. The van der Waals surface area contributed by atoms with Crippen LogP contribution in [0.1, 0.15) is 52.0 Å². The summed E-state index contributed by atoms with van der Waals surface area (Å²) < 4.78 is 13.6. The highest BCUT2D eigenvalue weighted by atomic mass is 19.1. The van der Waals surface area contributed by atoms with E-state index in [1.807, 2.05) is 6.92 Å². The molecule has 0 unspecified atom stereocenters. The van der Waals surface area contributed by atoms with Crippen LogP contribution in [-0.2, 0) is 16.0 Å². The van der Waals surface area contributed by atoms with E-state index in [9.17, 15) is 14.0 Å². The summed E-state index contributed by atoms with van der Waals surface area (Å²) >= 11 is 0. The molecule has 2 aliphatic carbocycles. The second-order valence-electron chi connectivity index (χ2n) is 8.33. The molecule has 0 spiro atoms. The Bertz CT molecular complexity index is 741. The predicted octanol–water partition coefficient (Wildman–Crippen LogP) is 3.89. The van der Waals surface area contributed by atoms with Crippen molar-refractivity contribution in [3.8, 4) is 0 Å². The van der Waals surface area contributed by atoms with E-state index >= 15 is 0 Å². The van der Waals surface area contributed by atoms with Gasteiger partial charge in [-0.1, -0.05) is 13.8 Å². The van der Waals surface area contributed by atoms with Gasteiger partial charge in [0.05, 0.1) is 0 Å². The molecule has 1 aromatic carbocycles. The first kappa shape index (κ1) is 15.8. The Balaban J connectivity index is 1.82. The number of carbonyl (C=O) groups excluding carboxylic acids is 2. The highest BCUT2D eigenvalue weighted by molar-refractivity contribution is 6.15. The van der Waals surface area contributed by atoms with E-state index < -0.39 is 5.41 Å². The molecule has 1 aliphatic heterocycles. The lowest BCUT2D eigenvalue weighted by atomic mass is 9.67. The molecule has 0 saturated heterocycles. The summed E-state index contributed by atoms with van der Waals surface area (Å²) in [6.45, 7) is 6.18. The second-order valence-corrected chi connectivity index (χ2v) is 8.33. The molecular weight excluding hydrogens is 305 g/mol. The maximum absolute atomic E-state index is 13.7. The smallest absolute Gasteiger partial charge is 0.241 e. The van der Waals surface area contributed by atoms with Crippen LogP contribution in [-0.4, -0.2) is 17.7 Å². The summed E-state index contributed by atoms with van der Waals surface area (Å²) in [5.74, 6) is 0.0848. The first-order valence-corrected chi connectivity index (χ1v) is 8.94. The standard InChI is InChI=1S/C20H24FNO2/c1-12-4-5-13-10-15(21)6-7-16(13)22(12)18(24)20-9-8-14(11-17(20)23)19(20,2)3/h6-7,10,12,14H,4-5,8-9,11H2,1-3H3/t12-,14-,20-/m0/s1. The molecule has 2 bridgehead atoms. The highest BCUT2D eigenvalue weighted by Crippen LogP contribution is 2.64. The number of amides is 1. The molecule has 3 aliphatic rings. The van der Waals surface area contributed by atoms with Gasteiger partial charge < -0.3 is 4.90 Å². The predicted molar refractivity (Wildman–Crippen MR) is 90.2 cm³/mol. The van der Waals surface area contributed by atoms with Crippen molar-refractivity contribution < 1.29 is 14.0 Å². The van der Waals surface area contributed by atoms with Gasteiger partial charge in [0, 0.05) is 18.2 Å². The Morgan fingerprint density at radius 1 is 1.29 bits per heavy atom. The van der Waals surface area contributed by atoms with Gasteiger partial charge >= 0.3 is 0 Å². The SMILES string of the molecule is C[C@H]1CCc2cc(F)ccc2N1C(=O)[C@]12CC[C@@H](CC1=O)C2(C)C. The molecule has 0 aromatic heterocycles. The number of rotatable bonds is 1. The van der Waals surface area contributed by atoms with Crippen molar-refractivity contribution in [3.63, 3.8) is 0 Å². The van der Waals surface area contributed by atoms with Crippen LogP contribution in [0.3, 0.4) is 0 Å². The Kier molecular flexibility index (Phi) is 3.23. The van der Waals surface area contributed by atoms with Crippen molar-refractivity contribution in [3.05, 3.63) is 29.6 Å². The summed E-state index contributed by atoms with van der Waals surface area (Å²) in [6, 6.07) is 4.67. The first-order valence-electron chi connectivity index (χ1n) is 8.94. The fourth-order valence-electron chi connectivity index (χ4n) is 5.41. The molecule has 1 aromatic rings. The van der Waals surface area contributed by atoms with E-state index in [4.69, 9.17) is 0 Å². The van der Waals surface area contributed by atoms with E-state index in [-0.39, 0.29) is 29.0 Å². The summed E-state index contributed by atoms with van der Waals surface area (Å²) in [7, 11) is 0. The Morgan fingerprint density at radius 3 is 2.67 bits per heavy atom. The van der Waals surface area contributed by atoms with Gasteiger partial charge in [-0.05, 0) is 67.7 Å². The number of fused-ring (bicyclic) bond motifs is 3. The summed E-state index contributed by atoms with van der Waals surface area (Å²) in [5.41, 5.74) is 0.470. The fraction of sp³-hybridized carbons (Fsp3) is 0.600. The van der Waals surface area contributed by atoms with Crippen LogP contribution in [0, 0.1) is 22.6 Å². The van der Waals surface area contributed by atoms with Crippen molar-refractivity contribution >= 4 is 17.4 Å². The minimum absolute atomic E-state index is 0.0353. The normalized spacial score (nSPS) is 33.7. The molecule has 4 heteroatoms. The van der Waals surface area contributed by atoms with Crippen molar-refractivity contribution in [1.82, 2.24) is 0 Å². The van der Waals surface area contributed by atoms with E-state index in [1.165, 1.54) is 12.1 Å². The molecule has 1 heterocycles. The number of aryl methyl sites for hydroxylation is 1. The van der Waals surface area contributed by atoms with Gasteiger partial charge in [-0.15, -0.1) is 0 Å². The van der Waals surface area contributed by atoms with E-state index in [2.05, 4.69) is 13.8 Å². The molecule has 2 saturated carbocycles. The lowest BCUT2D eigenvalue weighted by Crippen LogP contribution is -2.55. The number of carbonyl (C=O) groups is 2. The van der Waals surface area contributed by atoms with Crippen LogP contribution < -0.4 is 4.90 Å². The number of hydrogen-bond acceptors (Lipinski definition) is 2. The average molecular weight is 329 g/mol. The number of halogens is 1. The summed E-state index contributed by atoms with van der Waals surface area (Å²) in [5, 5.41) is 0. The van der Waals surface area contributed by atoms with Gasteiger partial charge in [0.25, 0.3) is 0 Å². The molecule has 128 valence electrons. The number of benzene rings is 1. The third-order valence-electron chi connectivity index (χ3n) is 7.05. The van der Waals surface area contributed by atoms with Crippen LogP contribution in [0.15, 0.2) is 18.2 Å². The largest absolute Gasteiger partial charge is 0.308 e. The zero-order valence-corrected chi connectivity index (χ0v) is 14.6. The van der Waals surface area contributed by atoms with Gasteiger partial charge in [0.15, 0.2) is 0 Å². The minimum atomic E-state index is -0.894. The Labute approximate surface area is 142 Å². The van der Waals surface area contributed by atoms with Crippen LogP contribution in [0.4, 0.5) is 10.1 Å². The fourth-order valence-corrected chi connectivity index (χ4v) is 5.41. The maximum Gasteiger partial charge on any atom is 0.241 e. The second kappa shape index (κ2) is 4.90. The van der Waals surface area contributed by atoms with Crippen molar-refractivity contribution in [2.75, 3.05) is 4.90 Å². The van der Waals surface area contributed by atoms with E-state index in [0.29, 0.717) is 18.8 Å². The highest BCUT2D eigenvalue weighted by Gasteiger charge is 2.69. The minimum Gasteiger partial charge on any atom is -0.308 e. The monoisotopic (exact) mass is 329 g/mol. The quantitative estimate of drug-likeness (QED) is 0.733. The number of nitrogens with zero attached hydrogens (tertiary/aromatic N) is 1. The lowest BCUT2D eigenvalue weighted by Gasteiger charge is -2.43. The number of anilines is 1. The van der Waals surface area contributed by atoms with Crippen LogP contribution in [0.25, 0.3) is 0 Å². The molecule has 24 heavy (non-hydrogen) atoms. The molecule has 1 amide bonds. The Hall–Kier alpha value is -1.71. The number of Topliss-reactive ketones (excluding diaryl/α,β-unsaturated/α-hetero) is 1. The van der Waals surface area contributed by atoms with Gasteiger partial charge in [-0.25, -0.2) is 4.39 Å². The Morgan fingerprint density at radius 2 is 2.04 bits per heavy atom. The van der Waals surface area contributed by atoms with Crippen LogP contribution in [0.2, 0.25) is 0 Å². The zero-order valence-electron chi connectivity index (χ0n) is 14.6. The molecule has 3 atom stereocenters. The van der Waals surface area contributed by atoms with Gasteiger partial charge in [0.2, 0.25) is 5.91 Å². The van der Waals surface area contributed by atoms with Gasteiger partial charge in [-0.3, -0.25) is 9.59 Å². The molecule has 4 rings (SSSR count). The molecule has 2 fully saturated rings. The maximum atomic E-state index is 13.7. The molecule has 0 radical (unpaired) electrons. The zero-order chi connectivity index (χ0) is 17.3. The van der Waals surface area contributed by atoms with E-state index in [1.54, 1.807) is 11.0 Å². The van der Waals surface area contributed by atoms with Crippen molar-refractivity contribution in [2.45, 2.75) is 58.9 Å². The average Bonchev–Trinajstić information content (AvgIpc) is 2.89. The molecule has 0 N–H and O–H groups in total. The van der Waals surface area contributed by atoms with Crippen molar-refractivity contribution in [2.24, 2.45) is 16.7 Å². The topological polar surface area (TPSA) is 37.4 Å². The summed E-state index contributed by atoms with van der Waals surface area (Å²) in [6.07, 6.45) is 3.70. The molecular formula is C20H24FNO2. The summed E-state index contributed by atoms with van der Waals surface area (Å²) in [4.78, 5) is 28.3. The van der Waals surface area contributed by atoms with Gasteiger partial charge in [-0.2, -0.15) is 0 Å². The van der Waals surface area contributed by atoms with Crippen LogP contribution >= 0.6 is 0 Å². The van der Waals surface area contributed by atoms with Crippen LogP contribution in [0.5, 0.6) is 0 Å². The lowest BCUT2D eigenvalue weighted by molar-refractivity contribution is -0.143. The number of ketones is 1. The molecule has 3 nitrogen and oxygen atoms in total. The number of hydrogen-bond donors (Lipinski definition) is 0. The third kappa shape index (κ3) is 1.77.